The number of fused-ring (bicyclic) bond motifs is 1. The molecule has 2 fully saturated rings. The lowest BCUT2D eigenvalue weighted by Crippen LogP contribution is -2.38. The van der Waals surface area contributed by atoms with Gasteiger partial charge in [-0.15, -0.1) is 0 Å². The van der Waals surface area contributed by atoms with E-state index in [1.54, 1.807) is 11.9 Å². The van der Waals surface area contributed by atoms with Crippen LogP contribution in [0.2, 0.25) is 0 Å². The fourth-order valence-electron chi connectivity index (χ4n) is 4.25. The highest BCUT2D eigenvalue weighted by Gasteiger charge is 2.35. The monoisotopic (exact) mass is 421 g/mol. The van der Waals surface area contributed by atoms with Gasteiger partial charge in [0.15, 0.2) is 15.6 Å². The van der Waals surface area contributed by atoms with Crippen molar-refractivity contribution in [3.63, 3.8) is 0 Å². The summed E-state index contributed by atoms with van der Waals surface area (Å²) in [7, 11) is -1.35. The topological polar surface area (TPSA) is 67.6 Å². The molecule has 0 unspecified atom stereocenters. The zero-order valence-corrected chi connectivity index (χ0v) is 17.9. The summed E-state index contributed by atoms with van der Waals surface area (Å²) in [6.45, 7) is 0. The van der Waals surface area contributed by atoms with Crippen molar-refractivity contribution in [2.45, 2.75) is 55.6 Å². The average molecular weight is 422 g/mol. The molecule has 1 aromatic carbocycles. The highest BCUT2D eigenvalue weighted by molar-refractivity contribution is 7.99. The molecule has 0 N–H and O–H groups in total. The van der Waals surface area contributed by atoms with Gasteiger partial charge in [-0.1, -0.05) is 37.5 Å². The summed E-state index contributed by atoms with van der Waals surface area (Å²) in [5, 5.41) is 1.63. The van der Waals surface area contributed by atoms with Gasteiger partial charge in [0.25, 0.3) is 5.91 Å². The molecule has 1 aliphatic carbocycles. The Labute approximate surface area is 170 Å². The number of nitrogens with zero attached hydrogens (tertiary/aromatic N) is 1. The Morgan fingerprint density at radius 2 is 1.93 bits per heavy atom. The molecule has 152 valence electrons. The first-order chi connectivity index (χ1) is 13.4. The van der Waals surface area contributed by atoms with Crippen LogP contribution in [0.4, 0.5) is 0 Å². The van der Waals surface area contributed by atoms with E-state index in [1.165, 1.54) is 32.1 Å². The van der Waals surface area contributed by atoms with Crippen molar-refractivity contribution in [2.24, 2.45) is 0 Å². The van der Waals surface area contributed by atoms with Crippen LogP contribution in [-0.4, -0.2) is 49.1 Å². The lowest BCUT2D eigenvalue weighted by Gasteiger charge is -2.23. The Morgan fingerprint density at radius 3 is 2.64 bits per heavy atom. The summed E-state index contributed by atoms with van der Waals surface area (Å²) >= 11 is 1.92. The predicted molar refractivity (Wildman–Crippen MR) is 114 cm³/mol. The maximum Gasteiger partial charge on any atom is 0.289 e. The largest absolute Gasteiger partial charge is 0.451 e. The van der Waals surface area contributed by atoms with Crippen LogP contribution in [0.5, 0.6) is 0 Å². The van der Waals surface area contributed by atoms with Crippen LogP contribution in [0.3, 0.4) is 0 Å². The molecule has 2 aliphatic rings. The number of amides is 1. The van der Waals surface area contributed by atoms with Crippen LogP contribution in [0.1, 0.15) is 54.6 Å². The molecule has 1 amide bonds. The van der Waals surface area contributed by atoms with Gasteiger partial charge in [0.1, 0.15) is 5.58 Å². The third kappa shape index (κ3) is 4.10. The van der Waals surface area contributed by atoms with E-state index in [9.17, 15) is 13.2 Å². The number of thioether (sulfide) groups is 1. The number of para-hydroxylation sites is 1. The van der Waals surface area contributed by atoms with Crippen molar-refractivity contribution in [1.29, 1.82) is 0 Å². The van der Waals surface area contributed by atoms with Crippen molar-refractivity contribution < 1.29 is 17.6 Å². The van der Waals surface area contributed by atoms with Crippen molar-refractivity contribution in [1.82, 2.24) is 4.90 Å². The summed E-state index contributed by atoms with van der Waals surface area (Å²) in [5.74, 6) is 1.11. The van der Waals surface area contributed by atoms with E-state index < -0.39 is 9.84 Å². The molecule has 4 rings (SSSR count). The Morgan fingerprint density at radius 1 is 1.18 bits per heavy atom. The van der Waals surface area contributed by atoms with E-state index >= 15 is 0 Å². The standard InChI is InChI=1S/C21H27NO4S2/c1-22(15-11-12-28(24,25)14-15)21(23)20-18(13-27-16-7-3-2-4-8-16)17-9-5-6-10-19(17)26-20/h5-6,9-10,15-16H,2-4,7-8,11-14H2,1H3/t15-/m1/s1. The van der Waals surface area contributed by atoms with Crippen molar-refractivity contribution in [2.75, 3.05) is 18.6 Å². The molecule has 0 bridgehead atoms. The summed E-state index contributed by atoms with van der Waals surface area (Å²) in [5.41, 5.74) is 1.67. The first kappa shape index (κ1) is 19.8. The first-order valence-electron chi connectivity index (χ1n) is 10.0. The number of hydrogen-bond acceptors (Lipinski definition) is 5. The molecule has 0 radical (unpaired) electrons. The predicted octanol–water partition coefficient (Wildman–Crippen LogP) is 4.26. The molecule has 1 atom stereocenters. The van der Waals surface area contributed by atoms with Gasteiger partial charge >= 0.3 is 0 Å². The second-order valence-corrected chi connectivity index (χ2v) is 11.5. The van der Waals surface area contributed by atoms with Crippen molar-refractivity contribution in [3.05, 3.63) is 35.6 Å². The molecule has 7 heteroatoms. The molecule has 2 heterocycles. The lowest BCUT2D eigenvalue weighted by atomic mass is 10.0. The average Bonchev–Trinajstić information content (AvgIpc) is 3.26. The normalized spacial score (nSPS) is 22.5. The van der Waals surface area contributed by atoms with Crippen LogP contribution >= 0.6 is 11.8 Å². The molecule has 0 spiro atoms. The van der Waals surface area contributed by atoms with Gasteiger partial charge in [-0.3, -0.25) is 4.79 Å². The second kappa shape index (κ2) is 8.11. The van der Waals surface area contributed by atoms with Crippen LogP contribution in [-0.2, 0) is 15.6 Å². The van der Waals surface area contributed by atoms with Gasteiger partial charge in [0.2, 0.25) is 0 Å². The zero-order chi connectivity index (χ0) is 19.7. The Balaban J connectivity index is 1.59. The molecule has 1 saturated heterocycles. The van der Waals surface area contributed by atoms with E-state index in [1.807, 2.05) is 36.0 Å². The number of carbonyl (C=O) groups is 1. The minimum absolute atomic E-state index is 0.0433. The summed E-state index contributed by atoms with van der Waals surface area (Å²) in [4.78, 5) is 14.8. The molecule has 1 aromatic heterocycles. The maximum absolute atomic E-state index is 13.2. The fraction of sp³-hybridized carbons (Fsp3) is 0.571. The molecule has 1 saturated carbocycles. The van der Waals surface area contributed by atoms with Crippen LogP contribution in [0.15, 0.2) is 28.7 Å². The number of hydrogen-bond donors (Lipinski definition) is 0. The maximum atomic E-state index is 13.2. The molecular weight excluding hydrogens is 394 g/mol. The second-order valence-electron chi connectivity index (χ2n) is 7.95. The quantitative estimate of drug-likeness (QED) is 0.722. The highest BCUT2D eigenvalue weighted by Crippen LogP contribution is 2.35. The minimum atomic E-state index is -3.04. The Hall–Kier alpha value is -1.47. The van der Waals surface area contributed by atoms with E-state index in [0.717, 1.165) is 22.3 Å². The molecule has 2 aromatic rings. The van der Waals surface area contributed by atoms with Crippen molar-refractivity contribution >= 4 is 38.5 Å². The molecule has 5 nitrogen and oxygen atoms in total. The smallest absolute Gasteiger partial charge is 0.289 e. The number of benzene rings is 1. The van der Waals surface area contributed by atoms with E-state index in [4.69, 9.17) is 4.42 Å². The fourth-order valence-corrected chi connectivity index (χ4v) is 7.38. The number of furan rings is 1. The summed E-state index contributed by atoms with van der Waals surface area (Å²) in [6.07, 6.45) is 6.87. The van der Waals surface area contributed by atoms with Gasteiger partial charge in [-0.25, -0.2) is 8.42 Å². The SMILES string of the molecule is CN(C(=O)c1oc2ccccc2c1CSC1CCCCC1)[C@@H]1CCS(=O)(=O)C1. The third-order valence-electron chi connectivity index (χ3n) is 5.98. The lowest BCUT2D eigenvalue weighted by molar-refractivity contribution is 0.0717. The Kier molecular flexibility index (Phi) is 5.74. The van der Waals surface area contributed by atoms with Gasteiger partial charge < -0.3 is 9.32 Å². The Bertz CT molecular complexity index is 960. The number of rotatable bonds is 5. The molecule has 1 aliphatic heterocycles. The van der Waals surface area contributed by atoms with Gasteiger partial charge in [-0.2, -0.15) is 11.8 Å². The van der Waals surface area contributed by atoms with Crippen molar-refractivity contribution in [3.8, 4) is 0 Å². The van der Waals surface area contributed by atoms with Gasteiger partial charge in [0, 0.05) is 35.0 Å². The summed E-state index contributed by atoms with van der Waals surface area (Å²) in [6, 6.07) is 7.50. The highest BCUT2D eigenvalue weighted by atomic mass is 32.2. The molecular formula is C21H27NO4S2. The van der Waals surface area contributed by atoms with Crippen LogP contribution in [0, 0.1) is 0 Å². The van der Waals surface area contributed by atoms with Crippen LogP contribution < -0.4 is 0 Å². The van der Waals surface area contributed by atoms with Crippen LogP contribution in [0.25, 0.3) is 11.0 Å². The number of carbonyl (C=O) groups excluding carboxylic acids is 1. The third-order valence-corrected chi connectivity index (χ3v) is 9.13. The van der Waals surface area contributed by atoms with Gasteiger partial charge in [0.05, 0.1) is 11.5 Å². The zero-order valence-electron chi connectivity index (χ0n) is 16.2. The summed E-state index contributed by atoms with van der Waals surface area (Å²) < 4.78 is 29.6. The molecule has 28 heavy (non-hydrogen) atoms. The van der Waals surface area contributed by atoms with E-state index in [2.05, 4.69) is 0 Å². The first-order valence-corrected chi connectivity index (χ1v) is 12.9. The minimum Gasteiger partial charge on any atom is -0.451 e. The van der Waals surface area contributed by atoms with Gasteiger partial charge in [-0.05, 0) is 25.3 Å². The van der Waals surface area contributed by atoms with E-state index in [-0.39, 0.29) is 23.5 Å². The van der Waals surface area contributed by atoms with E-state index in [0.29, 0.717) is 17.4 Å². The number of sulfone groups is 1.